The van der Waals surface area contributed by atoms with Crippen molar-refractivity contribution in [2.45, 2.75) is 68.9 Å². The summed E-state index contributed by atoms with van der Waals surface area (Å²) in [6.07, 6.45) is 6.73. The summed E-state index contributed by atoms with van der Waals surface area (Å²) >= 11 is 2.39. The van der Waals surface area contributed by atoms with Crippen molar-refractivity contribution in [3.05, 3.63) is 0 Å². The highest BCUT2D eigenvalue weighted by Crippen LogP contribution is 2.44. The average molecular weight is 379 g/mol. The molecule has 2 aliphatic rings. The van der Waals surface area contributed by atoms with Crippen molar-refractivity contribution in [1.82, 2.24) is 0 Å². The first-order chi connectivity index (χ1) is 9.24. The monoisotopic (exact) mass is 379 g/mol. The third kappa shape index (κ3) is 3.60. The summed E-state index contributed by atoms with van der Waals surface area (Å²) in [5, 5.41) is 17.6. The Labute approximate surface area is 128 Å². The molecule has 1 N–H and O–H groups in total. The number of alkyl halides is 1. The lowest BCUT2D eigenvalue weighted by atomic mass is 9.87. The van der Waals surface area contributed by atoms with Gasteiger partial charge in [0.05, 0.1) is 24.4 Å². The summed E-state index contributed by atoms with van der Waals surface area (Å²) < 4.78 is 13.4. The first-order valence-corrected chi connectivity index (χ1v) is 8.63. The minimum atomic E-state index is -0.154. The van der Waals surface area contributed by atoms with E-state index in [1.807, 2.05) is 0 Å². The molecule has 0 aromatic heterocycles. The van der Waals surface area contributed by atoms with Gasteiger partial charge in [-0.25, -0.2) is 0 Å². The zero-order chi connectivity index (χ0) is 13.7. The molecule has 0 saturated carbocycles. The molecule has 2 saturated heterocycles. The van der Waals surface area contributed by atoms with E-state index < -0.39 is 0 Å². The molecule has 0 aliphatic carbocycles. The van der Waals surface area contributed by atoms with E-state index >= 15 is 0 Å². The molecule has 0 spiro atoms. The number of fused-ring (bicyclic) bond motifs is 1. The van der Waals surface area contributed by atoms with Gasteiger partial charge in [-0.2, -0.15) is 5.26 Å². The summed E-state index contributed by atoms with van der Waals surface area (Å²) in [6, 6.07) is 2.20. The fourth-order valence-electron chi connectivity index (χ4n) is 3.19. The molecule has 2 rings (SSSR count). The number of ether oxygens (including phenoxy) is 2. The van der Waals surface area contributed by atoms with Crippen LogP contribution in [0, 0.1) is 11.3 Å². The van der Waals surface area contributed by atoms with Crippen LogP contribution in [0.3, 0.4) is 0 Å². The van der Waals surface area contributed by atoms with E-state index in [1.54, 1.807) is 0 Å². The van der Waals surface area contributed by atoms with E-state index in [2.05, 4.69) is 28.7 Å². The zero-order valence-electron chi connectivity index (χ0n) is 11.2. The summed E-state index contributed by atoms with van der Waals surface area (Å²) in [7, 11) is 0. The van der Waals surface area contributed by atoms with E-state index in [9.17, 15) is 0 Å². The van der Waals surface area contributed by atoms with Crippen LogP contribution in [-0.2, 0) is 9.47 Å². The first-order valence-electron chi connectivity index (χ1n) is 7.11. The quantitative estimate of drug-likeness (QED) is 0.569. The average Bonchev–Trinajstić information content (AvgIpc) is 2.81. The van der Waals surface area contributed by atoms with Crippen molar-refractivity contribution in [3.8, 4) is 6.07 Å². The van der Waals surface area contributed by atoms with Crippen LogP contribution in [0.25, 0.3) is 0 Å². The van der Waals surface area contributed by atoms with Gasteiger partial charge in [-0.1, -0.05) is 22.6 Å². The summed E-state index contributed by atoms with van der Waals surface area (Å²) in [5.74, 6) is 0. The first kappa shape index (κ1) is 15.5. The molecule has 3 unspecified atom stereocenters. The normalized spacial score (nSPS) is 37.8. The van der Waals surface area contributed by atoms with Gasteiger partial charge in [-0.15, -0.1) is 0 Å². The molecule has 0 bridgehead atoms. The molecule has 0 radical (unpaired) electrons. The van der Waals surface area contributed by atoms with Gasteiger partial charge in [0.15, 0.2) is 0 Å². The van der Waals surface area contributed by atoms with Gasteiger partial charge in [0, 0.05) is 23.9 Å². The lowest BCUT2D eigenvalue weighted by Crippen LogP contribution is -2.49. The van der Waals surface area contributed by atoms with Crippen LogP contribution in [0.2, 0.25) is 0 Å². The van der Waals surface area contributed by atoms with Crippen LogP contribution in [-0.4, -0.2) is 40.1 Å². The van der Waals surface area contributed by atoms with Crippen LogP contribution in [0.15, 0.2) is 0 Å². The number of nitrogens with zero attached hydrogens (tertiary/aromatic N) is 1. The molecule has 4 nitrogen and oxygen atoms in total. The molecule has 0 aromatic carbocycles. The van der Waals surface area contributed by atoms with Gasteiger partial charge in [0.25, 0.3) is 0 Å². The second-order valence-electron chi connectivity index (χ2n) is 5.53. The van der Waals surface area contributed by atoms with E-state index in [-0.39, 0.29) is 30.5 Å². The Hall–Kier alpha value is 0.1000. The maximum Gasteiger partial charge on any atom is 0.106 e. The largest absolute Gasteiger partial charge is 0.396 e. The van der Waals surface area contributed by atoms with Gasteiger partial charge in [0.2, 0.25) is 0 Å². The van der Waals surface area contributed by atoms with Crippen LogP contribution in [0.5, 0.6) is 0 Å². The maximum atomic E-state index is 8.93. The van der Waals surface area contributed by atoms with E-state index in [0.717, 1.165) is 43.0 Å². The number of halogens is 1. The number of hydrogen-bond donors (Lipinski definition) is 1. The van der Waals surface area contributed by atoms with Gasteiger partial charge in [-0.05, 0) is 32.1 Å². The van der Waals surface area contributed by atoms with Gasteiger partial charge < -0.3 is 14.6 Å². The highest BCUT2D eigenvalue weighted by molar-refractivity contribution is 14.1. The minimum absolute atomic E-state index is 0.154. The smallest absolute Gasteiger partial charge is 0.106 e. The minimum Gasteiger partial charge on any atom is -0.396 e. The fourth-order valence-corrected chi connectivity index (χ4v) is 4.18. The van der Waals surface area contributed by atoms with Crippen LogP contribution in [0.4, 0.5) is 0 Å². The molecule has 2 heterocycles. The molecule has 0 aromatic rings. The number of aliphatic hydroxyl groups is 1. The van der Waals surface area contributed by atoms with Crippen molar-refractivity contribution >= 4 is 22.6 Å². The van der Waals surface area contributed by atoms with Gasteiger partial charge in [-0.3, -0.25) is 0 Å². The van der Waals surface area contributed by atoms with Crippen molar-refractivity contribution in [2.24, 2.45) is 0 Å². The topological polar surface area (TPSA) is 62.5 Å². The molecule has 0 amide bonds. The Morgan fingerprint density at radius 1 is 1.32 bits per heavy atom. The Kier molecular flexibility index (Phi) is 5.87. The highest BCUT2D eigenvalue weighted by Gasteiger charge is 2.51. The summed E-state index contributed by atoms with van der Waals surface area (Å²) in [4.78, 5) is 0. The fraction of sp³-hybridized carbons (Fsp3) is 0.929. The molecule has 2 aliphatic heterocycles. The molecular formula is C14H22INO3. The highest BCUT2D eigenvalue weighted by atomic mass is 127. The van der Waals surface area contributed by atoms with Crippen molar-refractivity contribution in [1.29, 1.82) is 5.26 Å². The number of aliphatic hydroxyl groups excluding tert-OH is 1. The Morgan fingerprint density at radius 3 is 2.84 bits per heavy atom. The molecule has 4 atom stereocenters. The number of nitriles is 1. The van der Waals surface area contributed by atoms with Crippen LogP contribution >= 0.6 is 22.6 Å². The molecule has 2 fully saturated rings. The lowest BCUT2D eigenvalue weighted by Gasteiger charge is -2.41. The third-order valence-electron chi connectivity index (χ3n) is 4.16. The van der Waals surface area contributed by atoms with Crippen molar-refractivity contribution in [2.75, 3.05) is 11.0 Å². The molecule has 108 valence electrons. The molecule has 5 heteroatoms. The van der Waals surface area contributed by atoms with Crippen molar-refractivity contribution in [3.63, 3.8) is 0 Å². The third-order valence-corrected chi connectivity index (χ3v) is 5.45. The van der Waals surface area contributed by atoms with Gasteiger partial charge in [0.1, 0.15) is 5.60 Å². The number of rotatable bonds is 6. The predicted molar refractivity (Wildman–Crippen MR) is 80.2 cm³/mol. The van der Waals surface area contributed by atoms with E-state index in [1.165, 1.54) is 0 Å². The van der Waals surface area contributed by atoms with E-state index in [0.29, 0.717) is 6.42 Å². The molecule has 19 heavy (non-hydrogen) atoms. The standard InChI is InChI=1S/C14H22INO3/c15-10-14-9-12(4-2-8-17)18-13(14)6-5-11(19-14)3-1-7-16/h11-13,17H,1-6,8-10H2/t11?,12?,13-,14?/m0/s1. The molecular weight excluding hydrogens is 357 g/mol. The SMILES string of the molecule is N#CCCC1CC[C@@H]2OC(CCCO)CC2(CI)O1. The lowest BCUT2D eigenvalue weighted by molar-refractivity contribution is -0.153. The van der Waals surface area contributed by atoms with Crippen molar-refractivity contribution < 1.29 is 14.6 Å². The Balaban J connectivity index is 1.95. The second-order valence-corrected chi connectivity index (χ2v) is 6.29. The maximum absolute atomic E-state index is 8.93. The van der Waals surface area contributed by atoms with Crippen LogP contribution < -0.4 is 0 Å². The predicted octanol–water partition coefficient (Wildman–Crippen LogP) is 2.57. The second kappa shape index (κ2) is 7.21. The van der Waals surface area contributed by atoms with E-state index in [4.69, 9.17) is 19.8 Å². The van der Waals surface area contributed by atoms with Crippen LogP contribution in [0.1, 0.15) is 44.9 Å². The Morgan fingerprint density at radius 2 is 2.16 bits per heavy atom. The summed E-state index contributed by atoms with van der Waals surface area (Å²) in [5.41, 5.74) is -0.154. The zero-order valence-corrected chi connectivity index (χ0v) is 13.3. The van der Waals surface area contributed by atoms with Gasteiger partial charge >= 0.3 is 0 Å². The summed E-state index contributed by atoms with van der Waals surface area (Å²) in [6.45, 7) is 0.230. The Bertz CT molecular complexity index is 333. The number of hydrogen-bond acceptors (Lipinski definition) is 4.